The first-order valence-electron chi connectivity index (χ1n) is 3.93. The molecule has 0 unspecified atom stereocenters. The highest BCUT2D eigenvalue weighted by Gasteiger charge is 2.18. The molecule has 1 aromatic heterocycles. The van der Waals surface area contributed by atoms with Crippen LogP contribution < -0.4 is 0 Å². The van der Waals surface area contributed by atoms with Gasteiger partial charge >= 0.3 is 0 Å². The first kappa shape index (κ1) is 9.93. The monoisotopic (exact) mass is 204 g/mol. The van der Waals surface area contributed by atoms with Crippen molar-refractivity contribution in [3.8, 4) is 0 Å². The van der Waals surface area contributed by atoms with Crippen molar-refractivity contribution in [3.63, 3.8) is 0 Å². The van der Waals surface area contributed by atoms with Gasteiger partial charge in [0.05, 0.1) is 0 Å². The van der Waals surface area contributed by atoms with Crippen LogP contribution in [0.3, 0.4) is 0 Å². The third kappa shape index (κ3) is 2.42. The minimum Gasteiger partial charge on any atom is -0.143 e. The van der Waals surface area contributed by atoms with E-state index in [1.54, 1.807) is 11.3 Å². The van der Waals surface area contributed by atoms with Gasteiger partial charge in [-0.2, -0.15) is 0 Å². The Balaban J connectivity index is 2.77. The highest BCUT2D eigenvalue weighted by atomic mass is 35.5. The summed E-state index contributed by atoms with van der Waals surface area (Å²) >= 11 is 7.26. The maximum absolute atomic E-state index is 5.60. The van der Waals surface area contributed by atoms with E-state index in [1.165, 1.54) is 0 Å². The highest BCUT2D eigenvalue weighted by Crippen LogP contribution is 2.25. The molecule has 0 radical (unpaired) electrons. The van der Waals surface area contributed by atoms with Crippen LogP contribution in [0.5, 0.6) is 0 Å². The zero-order chi connectivity index (χ0) is 9.19. The van der Waals surface area contributed by atoms with E-state index in [-0.39, 0.29) is 5.41 Å². The molecule has 0 fully saturated rings. The smallest absolute Gasteiger partial charge is 0.122 e. The van der Waals surface area contributed by atoms with E-state index in [4.69, 9.17) is 11.6 Å². The van der Waals surface area contributed by atoms with Crippen molar-refractivity contribution in [2.75, 3.05) is 5.88 Å². The van der Waals surface area contributed by atoms with Crippen LogP contribution in [0.2, 0.25) is 0 Å². The fraction of sp³-hybridized carbons (Fsp3) is 0.750. The van der Waals surface area contributed by atoms with E-state index in [2.05, 4.69) is 31.0 Å². The van der Waals surface area contributed by atoms with Gasteiger partial charge in [-0.05, 0) is 0 Å². The van der Waals surface area contributed by atoms with Gasteiger partial charge < -0.3 is 0 Å². The van der Waals surface area contributed by atoms with E-state index in [1.807, 2.05) is 0 Å². The van der Waals surface area contributed by atoms with Gasteiger partial charge in [0.1, 0.15) is 10.0 Å². The SMILES string of the molecule is CC(C)(C)c1nnc(CCCl)s1. The second-order valence-corrected chi connectivity index (χ2v) is 5.13. The molecule has 4 heteroatoms. The van der Waals surface area contributed by atoms with Crippen molar-refractivity contribution in [1.82, 2.24) is 10.2 Å². The van der Waals surface area contributed by atoms with Gasteiger partial charge in [-0.25, -0.2) is 0 Å². The summed E-state index contributed by atoms with van der Waals surface area (Å²) in [6.45, 7) is 6.41. The van der Waals surface area contributed by atoms with E-state index >= 15 is 0 Å². The highest BCUT2D eigenvalue weighted by molar-refractivity contribution is 7.11. The number of halogens is 1. The molecule has 0 N–H and O–H groups in total. The average Bonchev–Trinajstić information content (AvgIpc) is 2.35. The number of alkyl halides is 1. The standard InChI is InChI=1S/C8H13ClN2S/c1-8(2,3)7-11-10-6(12-7)4-5-9/h4-5H2,1-3H3. The normalized spacial score (nSPS) is 12.0. The number of nitrogens with zero attached hydrogens (tertiary/aromatic N) is 2. The van der Waals surface area contributed by atoms with Gasteiger partial charge in [-0.15, -0.1) is 33.1 Å². The third-order valence-corrected chi connectivity index (χ3v) is 3.01. The number of hydrogen-bond donors (Lipinski definition) is 0. The molecule has 1 rings (SSSR count). The largest absolute Gasteiger partial charge is 0.143 e. The first-order valence-corrected chi connectivity index (χ1v) is 5.28. The van der Waals surface area contributed by atoms with E-state index in [9.17, 15) is 0 Å². The Morgan fingerprint density at radius 3 is 2.42 bits per heavy atom. The van der Waals surface area contributed by atoms with E-state index in [0.29, 0.717) is 5.88 Å². The van der Waals surface area contributed by atoms with Crippen LogP contribution in [0.25, 0.3) is 0 Å². The molecule has 0 spiro atoms. The minimum absolute atomic E-state index is 0.113. The van der Waals surface area contributed by atoms with Crippen LogP contribution in [0.15, 0.2) is 0 Å². The van der Waals surface area contributed by atoms with Gasteiger partial charge in [0, 0.05) is 17.7 Å². The van der Waals surface area contributed by atoms with Crippen molar-refractivity contribution in [2.45, 2.75) is 32.6 Å². The van der Waals surface area contributed by atoms with Crippen molar-refractivity contribution in [3.05, 3.63) is 10.0 Å². The zero-order valence-corrected chi connectivity index (χ0v) is 9.17. The molecule has 0 aliphatic heterocycles. The third-order valence-electron chi connectivity index (χ3n) is 1.42. The first-order chi connectivity index (χ1) is 5.54. The molecule has 0 amide bonds. The summed E-state index contributed by atoms with van der Waals surface area (Å²) in [6.07, 6.45) is 0.829. The van der Waals surface area contributed by atoms with E-state index < -0.39 is 0 Å². The summed E-state index contributed by atoms with van der Waals surface area (Å²) in [5.41, 5.74) is 0.113. The lowest BCUT2D eigenvalue weighted by Gasteiger charge is -2.12. The summed E-state index contributed by atoms with van der Waals surface area (Å²) in [5, 5.41) is 10.3. The van der Waals surface area contributed by atoms with Crippen LogP contribution in [-0.4, -0.2) is 16.1 Å². The quantitative estimate of drug-likeness (QED) is 0.693. The second kappa shape index (κ2) is 3.71. The fourth-order valence-electron chi connectivity index (χ4n) is 0.739. The Hall–Kier alpha value is -0.150. The summed E-state index contributed by atoms with van der Waals surface area (Å²) < 4.78 is 0. The molecule has 0 aliphatic carbocycles. The van der Waals surface area contributed by atoms with E-state index in [0.717, 1.165) is 16.4 Å². The molecule has 0 bridgehead atoms. The Kier molecular flexibility index (Phi) is 3.07. The molecular formula is C8H13ClN2S. The van der Waals surface area contributed by atoms with Crippen LogP contribution in [-0.2, 0) is 11.8 Å². The molecule has 0 atom stereocenters. The van der Waals surface area contributed by atoms with Crippen molar-refractivity contribution in [2.24, 2.45) is 0 Å². The van der Waals surface area contributed by atoms with Gasteiger partial charge in [0.25, 0.3) is 0 Å². The van der Waals surface area contributed by atoms with Gasteiger partial charge in [-0.3, -0.25) is 0 Å². The lowest BCUT2D eigenvalue weighted by Crippen LogP contribution is -2.10. The molecule has 68 valence electrons. The molecule has 0 aromatic carbocycles. The summed E-state index contributed by atoms with van der Waals surface area (Å²) in [5.74, 6) is 0.624. The predicted octanol–water partition coefficient (Wildman–Crippen LogP) is 2.62. The maximum atomic E-state index is 5.60. The van der Waals surface area contributed by atoms with Crippen molar-refractivity contribution in [1.29, 1.82) is 0 Å². The van der Waals surface area contributed by atoms with Gasteiger partial charge in [0.2, 0.25) is 0 Å². The van der Waals surface area contributed by atoms with Gasteiger partial charge in [0.15, 0.2) is 0 Å². The molecule has 2 nitrogen and oxygen atoms in total. The number of hydrogen-bond acceptors (Lipinski definition) is 3. The lowest BCUT2D eigenvalue weighted by molar-refractivity contribution is 0.578. The van der Waals surface area contributed by atoms with Crippen molar-refractivity contribution < 1.29 is 0 Å². The Labute approximate surface area is 82.0 Å². The molecule has 12 heavy (non-hydrogen) atoms. The molecule has 0 saturated carbocycles. The summed E-state index contributed by atoms with van der Waals surface area (Å²) in [4.78, 5) is 0. The maximum Gasteiger partial charge on any atom is 0.122 e. The lowest BCUT2D eigenvalue weighted by atomic mass is 9.98. The van der Waals surface area contributed by atoms with Crippen molar-refractivity contribution >= 4 is 22.9 Å². The summed E-state index contributed by atoms with van der Waals surface area (Å²) in [7, 11) is 0. The Bertz CT molecular complexity index is 252. The van der Waals surface area contributed by atoms with Crippen LogP contribution in [0.4, 0.5) is 0 Å². The molecule has 1 heterocycles. The molecule has 0 saturated heterocycles. The molecule has 0 aliphatic rings. The number of aryl methyl sites for hydroxylation is 1. The zero-order valence-electron chi connectivity index (χ0n) is 7.59. The number of aromatic nitrogens is 2. The Morgan fingerprint density at radius 1 is 1.33 bits per heavy atom. The van der Waals surface area contributed by atoms with Crippen LogP contribution in [0.1, 0.15) is 30.8 Å². The second-order valence-electron chi connectivity index (χ2n) is 3.69. The predicted molar refractivity (Wildman–Crippen MR) is 53.0 cm³/mol. The number of rotatable bonds is 2. The topological polar surface area (TPSA) is 25.8 Å². The minimum atomic E-state index is 0.113. The van der Waals surface area contributed by atoms with Gasteiger partial charge in [-0.1, -0.05) is 20.8 Å². The Morgan fingerprint density at radius 2 is 2.00 bits per heavy atom. The fourth-order valence-corrected chi connectivity index (χ4v) is 1.93. The van der Waals surface area contributed by atoms with Crippen LogP contribution in [0, 0.1) is 0 Å². The average molecular weight is 205 g/mol. The molecular weight excluding hydrogens is 192 g/mol. The van der Waals surface area contributed by atoms with Crippen LogP contribution >= 0.6 is 22.9 Å². The molecule has 1 aromatic rings. The summed E-state index contributed by atoms with van der Waals surface area (Å²) in [6, 6.07) is 0.